The van der Waals surface area contributed by atoms with Gasteiger partial charge < -0.3 is 0 Å². The highest BCUT2D eigenvalue weighted by atomic mass is 16.1. The maximum absolute atomic E-state index is 11.6. The molecule has 1 aromatic rings. The lowest BCUT2D eigenvalue weighted by Gasteiger charge is -2.32. The van der Waals surface area contributed by atoms with Crippen LogP contribution in [0.25, 0.3) is 0 Å². The van der Waals surface area contributed by atoms with Crippen LogP contribution in [0.1, 0.15) is 69.9 Å². The minimum atomic E-state index is 0.290. The number of hydrogen-bond donors (Lipinski definition) is 0. The molecule has 1 fully saturated rings. The third-order valence-corrected chi connectivity index (χ3v) is 5.51. The summed E-state index contributed by atoms with van der Waals surface area (Å²) in [7, 11) is 0. The molecule has 1 aliphatic carbocycles. The summed E-state index contributed by atoms with van der Waals surface area (Å²) in [5, 5.41) is 9.06. The van der Waals surface area contributed by atoms with Gasteiger partial charge in [-0.3, -0.25) is 4.79 Å². The minimum Gasteiger partial charge on any atom is -0.299 e. The van der Waals surface area contributed by atoms with E-state index in [0.29, 0.717) is 24.7 Å². The third-order valence-electron chi connectivity index (χ3n) is 5.51. The zero-order valence-electron chi connectivity index (χ0n) is 14.9. The van der Waals surface area contributed by atoms with Gasteiger partial charge in [0, 0.05) is 30.4 Å². The largest absolute Gasteiger partial charge is 0.299 e. The molecule has 3 rings (SSSR count). The number of benzene rings is 1. The molecule has 1 aromatic carbocycles. The number of Topliss-reactive ketones (excluding diaryl/α,β-unsaturated/α-hetero) is 1. The van der Waals surface area contributed by atoms with Crippen LogP contribution in [0.2, 0.25) is 0 Å². The predicted molar refractivity (Wildman–Crippen MR) is 99.8 cm³/mol. The van der Waals surface area contributed by atoms with Crippen molar-refractivity contribution in [1.82, 2.24) is 0 Å². The summed E-state index contributed by atoms with van der Waals surface area (Å²) in [6.07, 6.45) is 8.87. The van der Waals surface area contributed by atoms with Crippen LogP contribution >= 0.6 is 0 Å². The molecule has 1 heterocycles. The van der Waals surface area contributed by atoms with Crippen LogP contribution in [0.15, 0.2) is 34.5 Å². The first-order chi connectivity index (χ1) is 11.7. The van der Waals surface area contributed by atoms with Gasteiger partial charge in [-0.25, -0.2) is 0 Å². The number of carbonyl (C=O) groups excluding carboxylic acids is 1. The lowest BCUT2D eigenvalue weighted by molar-refractivity contribution is -0.118. The fourth-order valence-electron chi connectivity index (χ4n) is 4.01. The molecule has 1 aliphatic heterocycles. The van der Waals surface area contributed by atoms with E-state index >= 15 is 0 Å². The first-order valence-corrected chi connectivity index (χ1v) is 9.42. The van der Waals surface area contributed by atoms with Gasteiger partial charge in [-0.2, -0.15) is 10.2 Å². The van der Waals surface area contributed by atoms with Crippen molar-refractivity contribution in [3.05, 3.63) is 35.4 Å². The van der Waals surface area contributed by atoms with Crippen molar-refractivity contribution >= 4 is 17.2 Å². The first-order valence-electron chi connectivity index (χ1n) is 9.42. The Kier molecular flexibility index (Phi) is 5.60. The smallest absolute Gasteiger partial charge is 0.136 e. The Balaban J connectivity index is 1.82. The third kappa shape index (κ3) is 3.82. The van der Waals surface area contributed by atoms with Crippen molar-refractivity contribution in [2.24, 2.45) is 22.0 Å². The van der Waals surface area contributed by atoms with Crippen LogP contribution < -0.4 is 0 Å². The molecule has 0 radical (unpaired) electrons. The second-order valence-corrected chi connectivity index (χ2v) is 7.20. The number of hydrogen-bond acceptors (Lipinski definition) is 3. The van der Waals surface area contributed by atoms with Crippen LogP contribution in [0, 0.1) is 11.8 Å². The molecule has 0 amide bonds. The molecular formula is C21H28N2O. The highest BCUT2D eigenvalue weighted by Gasteiger charge is 2.32. The molecule has 24 heavy (non-hydrogen) atoms. The van der Waals surface area contributed by atoms with Crippen LogP contribution in [-0.4, -0.2) is 17.2 Å². The number of carbonyl (C=O) groups is 1. The maximum atomic E-state index is 11.6. The van der Waals surface area contributed by atoms with Gasteiger partial charge >= 0.3 is 0 Å². The van der Waals surface area contributed by atoms with Crippen LogP contribution in [0.3, 0.4) is 0 Å². The van der Waals surface area contributed by atoms with E-state index in [1.165, 1.54) is 49.8 Å². The van der Waals surface area contributed by atoms with Crippen molar-refractivity contribution in [3.63, 3.8) is 0 Å². The zero-order valence-corrected chi connectivity index (χ0v) is 14.9. The molecule has 0 aromatic heterocycles. The minimum absolute atomic E-state index is 0.290. The van der Waals surface area contributed by atoms with Crippen molar-refractivity contribution in [2.45, 2.75) is 65.2 Å². The Hall–Kier alpha value is -1.77. The van der Waals surface area contributed by atoms with Gasteiger partial charge in [-0.15, -0.1) is 0 Å². The van der Waals surface area contributed by atoms with E-state index in [0.717, 1.165) is 11.3 Å². The summed E-state index contributed by atoms with van der Waals surface area (Å²) >= 11 is 0. The van der Waals surface area contributed by atoms with E-state index in [2.05, 4.69) is 41.4 Å². The van der Waals surface area contributed by atoms with Gasteiger partial charge in [-0.1, -0.05) is 56.9 Å². The van der Waals surface area contributed by atoms with E-state index < -0.39 is 0 Å². The fourth-order valence-corrected chi connectivity index (χ4v) is 4.01. The highest BCUT2D eigenvalue weighted by Crippen LogP contribution is 2.34. The average molecular weight is 324 g/mol. The standard InChI is InChI=1S/C21H28N2O/c1-3-18(24)14-16-10-12-17(13-11-16)21-20-9-7-5-4-6-8-19(20)15(2)22-23-21/h10-13,19-20H,3-9,14H2,1-2H3. The van der Waals surface area contributed by atoms with E-state index in [-0.39, 0.29) is 5.78 Å². The van der Waals surface area contributed by atoms with Crippen molar-refractivity contribution in [2.75, 3.05) is 0 Å². The lowest BCUT2D eigenvalue weighted by atomic mass is 9.74. The van der Waals surface area contributed by atoms with Gasteiger partial charge in [0.2, 0.25) is 0 Å². The van der Waals surface area contributed by atoms with Gasteiger partial charge in [-0.05, 0) is 30.9 Å². The summed E-state index contributed by atoms with van der Waals surface area (Å²) in [5.41, 5.74) is 4.63. The van der Waals surface area contributed by atoms with Crippen LogP contribution in [-0.2, 0) is 11.2 Å². The normalized spacial score (nSPS) is 24.2. The molecule has 3 nitrogen and oxygen atoms in total. The zero-order chi connectivity index (χ0) is 16.9. The Morgan fingerprint density at radius 2 is 1.67 bits per heavy atom. The van der Waals surface area contributed by atoms with Gasteiger partial charge in [0.25, 0.3) is 0 Å². The summed E-state index contributed by atoms with van der Waals surface area (Å²) in [6.45, 7) is 4.06. The maximum Gasteiger partial charge on any atom is 0.136 e. The second kappa shape index (κ2) is 7.87. The molecular weight excluding hydrogens is 296 g/mol. The first kappa shape index (κ1) is 17.1. The molecule has 0 saturated heterocycles. The predicted octanol–water partition coefficient (Wildman–Crippen LogP) is 4.97. The molecule has 2 atom stereocenters. The van der Waals surface area contributed by atoms with E-state index in [9.17, 15) is 4.79 Å². The molecule has 3 heteroatoms. The Morgan fingerprint density at radius 3 is 2.33 bits per heavy atom. The highest BCUT2D eigenvalue weighted by molar-refractivity contribution is 6.06. The van der Waals surface area contributed by atoms with Crippen molar-refractivity contribution in [3.8, 4) is 0 Å². The topological polar surface area (TPSA) is 41.8 Å². The average Bonchev–Trinajstić information content (AvgIpc) is 2.57. The molecule has 0 spiro atoms. The number of fused-ring (bicyclic) bond motifs is 1. The van der Waals surface area contributed by atoms with E-state index in [4.69, 9.17) is 0 Å². The quantitative estimate of drug-likeness (QED) is 0.770. The van der Waals surface area contributed by atoms with E-state index in [1.807, 2.05) is 6.92 Å². The molecule has 1 saturated carbocycles. The Labute approximate surface area is 145 Å². The SMILES string of the molecule is CCC(=O)Cc1ccc(C2=NN=C(C)C3CCCCCCC23)cc1. The summed E-state index contributed by atoms with van der Waals surface area (Å²) < 4.78 is 0. The monoisotopic (exact) mass is 324 g/mol. The van der Waals surface area contributed by atoms with Gasteiger partial charge in [0.05, 0.1) is 5.71 Å². The molecule has 0 bridgehead atoms. The van der Waals surface area contributed by atoms with Crippen LogP contribution in [0.5, 0.6) is 0 Å². The summed E-state index contributed by atoms with van der Waals surface area (Å²) in [6, 6.07) is 8.41. The van der Waals surface area contributed by atoms with Crippen molar-refractivity contribution in [1.29, 1.82) is 0 Å². The Morgan fingerprint density at radius 1 is 1.00 bits per heavy atom. The Bertz CT molecular complexity index is 642. The molecule has 128 valence electrons. The fraction of sp³-hybridized carbons (Fsp3) is 0.571. The summed E-state index contributed by atoms with van der Waals surface area (Å²) in [5.74, 6) is 1.35. The molecule has 2 unspecified atom stereocenters. The molecule has 0 N–H and O–H groups in total. The summed E-state index contributed by atoms with van der Waals surface area (Å²) in [4.78, 5) is 11.6. The number of rotatable bonds is 4. The van der Waals surface area contributed by atoms with Crippen molar-refractivity contribution < 1.29 is 4.79 Å². The lowest BCUT2D eigenvalue weighted by Crippen LogP contribution is -2.33. The van der Waals surface area contributed by atoms with E-state index in [1.54, 1.807) is 0 Å². The van der Waals surface area contributed by atoms with Gasteiger partial charge in [0.1, 0.15) is 5.78 Å². The number of ketones is 1. The number of nitrogens with zero attached hydrogens (tertiary/aromatic N) is 2. The molecule has 2 aliphatic rings. The van der Waals surface area contributed by atoms with Gasteiger partial charge in [0.15, 0.2) is 0 Å². The second-order valence-electron chi connectivity index (χ2n) is 7.20. The van der Waals surface area contributed by atoms with Crippen LogP contribution in [0.4, 0.5) is 0 Å².